The second-order valence-corrected chi connectivity index (χ2v) is 8.51. The maximum atomic E-state index is 13.0. The average molecular weight is 458 g/mol. The van der Waals surface area contributed by atoms with Crippen molar-refractivity contribution in [2.75, 3.05) is 21.0 Å². The molecule has 0 spiro atoms. The zero-order valence-corrected chi connectivity index (χ0v) is 19.6. The molecule has 0 saturated carbocycles. The molecule has 1 aliphatic rings. The molecule has 6 nitrogen and oxygen atoms in total. The van der Waals surface area contributed by atoms with Crippen LogP contribution < -0.4 is 19.8 Å². The lowest BCUT2D eigenvalue weighted by Crippen LogP contribution is -2.32. The third-order valence-electron chi connectivity index (χ3n) is 6.41. The predicted octanol–water partition coefficient (Wildman–Crippen LogP) is 5.06. The molecule has 0 bridgehead atoms. The normalized spacial score (nSPS) is 13.4. The molecule has 0 N–H and O–H groups in total. The molecule has 0 atom stereocenters. The summed E-state index contributed by atoms with van der Waals surface area (Å²) in [5, 5.41) is 0.941. The number of ether oxygens (including phenoxy) is 3. The highest BCUT2D eigenvalue weighted by Crippen LogP contribution is 2.35. The number of methoxy groups -OCH3 is 2. The smallest absolute Gasteiger partial charge is 0.340 e. The highest BCUT2D eigenvalue weighted by atomic mass is 16.5. The van der Waals surface area contributed by atoms with Gasteiger partial charge in [0.05, 0.1) is 19.8 Å². The van der Waals surface area contributed by atoms with Crippen LogP contribution in [-0.4, -0.2) is 25.9 Å². The number of aryl methyl sites for hydroxylation is 1. The maximum absolute atomic E-state index is 13.0. The Bertz CT molecular complexity index is 1390. The van der Waals surface area contributed by atoms with Gasteiger partial charge in [0, 0.05) is 42.1 Å². The van der Waals surface area contributed by atoms with Crippen LogP contribution in [0.2, 0.25) is 0 Å². The van der Waals surface area contributed by atoms with Crippen LogP contribution in [0.15, 0.2) is 69.9 Å². The van der Waals surface area contributed by atoms with Crippen LogP contribution in [0.25, 0.3) is 11.0 Å². The Morgan fingerprint density at radius 3 is 2.59 bits per heavy atom. The van der Waals surface area contributed by atoms with Gasteiger partial charge in [-0.1, -0.05) is 36.4 Å². The predicted molar refractivity (Wildman–Crippen MR) is 131 cm³/mol. The highest BCUT2D eigenvalue weighted by molar-refractivity contribution is 5.86. The lowest BCUT2D eigenvalue weighted by Gasteiger charge is -2.30. The summed E-state index contributed by atoms with van der Waals surface area (Å²) >= 11 is 0. The Balaban J connectivity index is 1.48. The third-order valence-corrected chi connectivity index (χ3v) is 6.41. The second-order valence-electron chi connectivity index (χ2n) is 8.51. The Hall–Kier alpha value is -3.77. The Kier molecular flexibility index (Phi) is 5.99. The zero-order chi connectivity index (χ0) is 23.7. The van der Waals surface area contributed by atoms with Crippen molar-refractivity contribution >= 4 is 11.0 Å². The number of fused-ring (bicyclic) bond motifs is 3. The van der Waals surface area contributed by atoms with Crippen LogP contribution in [0, 0.1) is 6.92 Å². The van der Waals surface area contributed by atoms with Gasteiger partial charge < -0.3 is 18.6 Å². The molecule has 2 heterocycles. The Morgan fingerprint density at radius 1 is 1.00 bits per heavy atom. The molecule has 34 heavy (non-hydrogen) atoms. The van der Waals surface area contributed by atoms with E-state index in [2.05, 4.69) is 4.90 Å². The van der Waals surface area contributed by atoms with Gasteiger partial charge >= 0.3 is 5.63 Å². The average Bonchev–Trinajstić information content (AvgIpc) is 2.87. The summed E-state index contributed by atoms with van der Waals surface area (Å²) in [6.07, 6.45) is 0.544. The first-order chi connectivity index (χ1) is 16.6. The number of hydrogen-bond donors (Lipinski definition) is 0. The third kappa shape index (κ3) is 4.13. The first-order valence-electron chi connectivity index (χ1n) is 11.3. The molecule has 0 amide bonds. The van der Waals surface area contributed by atoms with Crippen LogP contribution >= 0.6 is 0 Å². The number of nitrogens with zero attached hydrogens (tertiary/aromatic N) is 1. The van der Waals surface area contributed by atoms with Crippen molar-refractivity contribution in [1.82, 2.24) is 4.90 Å². The molecule has 4 aromatic rings. The maximum Gasteiger partial charge on any atom is 0.340 e. The topological polar surface area (TPSA) is 61.1 Å². The highest BCUT2D eigenvalue weighted by Gasteiger charge is 2.24. The van der Waals surface area contributed by atoms with Crippen molar-refractivity contribution in [3.05, 3.63) is 98.9 Å². The van der Waals surface area contributed by atoms with Gasteiger partial charge in [-0.25, -0.2) is 4.79 Å². The lowest BCUT2D eigenvalue weighted by atomic mass is 9.97. The van der Waals surface area contributed by atoms with E-state index in [0.29, 0.717) is 37.4 Å². The van der Waals surface area contributed by atoms with Gasteiger partial charge in [-0.05, 0) is 36.2 Å². The van der Waals surface area contributed by atoms with Crippen molar-refractivity contribution in [1.29, 1.82) is 0 Å². The molecule has 6 heteroatoms. The summed E-state index contributed by atoms with van der Waals surface area (Å²) in [6, 6.07) is 19.7. The zero-order valence-electron chi connectivity index (χ0n) is 19.6. The van der Waals surface area contributed by atoms with Crippen LogP contribution in [0.5, 0.6) is 17.2 Å². The van der Waals surface area contributed by atoms with E-state index in [-0.39, 0.29) is 5.63 Å². The summed E-state index contributed by atoms with van der Waals surface area (Å²) in [4.78, 5) is 15.2. The second kappa shape index (κ2) is 9.23. The van der Waals surface area contributed by atoms with Crippen LogP contribution in [0.1, 0.15) is 27.8 Å². The number of benzene rings is 3. The monoisotopic (exact) mass is 457 g/mol. The fraction of sp³-hybridized carbons (Fsp3) is 0.250. The van der Waals surface area contributed by atoms with Crippen molar-refractivity contribution in [2.45, 2.75) is 26.4 Å². The summed E-state index contributed by atoms with van der Waals surface area (Å²) in [7, 11) is 3.29. The first-order valence-corrected chi connectivity index (χ1v) is 11.3. The fourth-order valence-electron chi connectivity index (χ4n) is 4.54. The van der Waals surface area contributed by atoms with Crippen molar-refractivity contribution in [3.8, 4) is 17.2 Å². The number of hydrogen-bond acceptors (Lipinski definition) is 6. The van der Waals surface area contributed by atoms with E-state index in [9.17, 15) is 4.79 Å². The quantitative estimate of drug-likeness (QED) is 0.377. The summed E-state index contributed by atoms with van der Waals surface area (Å²) < 4.78 is 22.8. The molecular formula is C28H27NO5. The largest absolute Gasteiger partial charge is 0.497 e. The van der Waals surface area contributed by atoms with E-state index in [1.807, 2.05) is 67.6 Å². The van der Waals surface area contributed by atoms with Crippen molar-refractivity contribution in [2.24, 2.45) is 0 Å². The summed E-state index contributed by atoms with van der Waals surface area (Å²) in [5.41, 5.74) is 4.95. The molecule has 1 aromatic heterocycles. The minimum atomic E-state index is -0.295. The van der Waals surface area contributed by atoms with E-state index in [4.69, 9.17) is 18.6 Å². The van der Waals surface area contributed by atoms with E-state index in [1.54, 1.807) is 14.2 Å². The summed E-state index contributed by atoms with van der Waals surface area (Å²) in [6.45, 7) is 3.65. The molecule has 5 rings (SSSR count). The minimum absolute atomic E-state index is 0.295. The molecule has 0 fully saturated rings. The van der Waals surface area contributed by atoms with Gasteiger partial charge in [-0.15, -0.1) is 0 Å². The molecule has 174 valence electrons. The number of rotatable bonds is 6. The van der Waals surface area contributed by atoms with E-state index < -0.39 is 0 Å². The van der Waals surface area contributed by atoms with Gasteiger partial charge in [0.25, 0.3) is 0 Å². The Labute approximate surface area is 198 Å². The molecule has 0 radical (unpaired) electrons. The van der Waals surface area contributed by atoms with Gasteiger partial charge in [-0.3, -0.25) is 4.90 Å². The molecule has 1 aliphatic heterocycles. The molecule has 0 unspecified atom stereocenters. The molecule has 0 aliphatic carbocycles. The van der Waals surface area contributed by atoms with Crippen LogP contribution in [0.3, 0.4) is 0 Å². The Morgan fingerprint density at radius 2 is 1.82 bits per heavy atom. The van der Waals surface area contributed by atoms with Crippen LogP contribution in [0.4, 0.5) is 0 Å². The molecule has 0 saturated heterocycles. The van der Waals surface area contributed by atoms with Crippen molar-refractivity contribution in [3.63, 3.8) is 0 Å². The van der Waals surface area contributed by atoms with E-state index in [0.717, 1.165) is 44.9 Å². The van der Waals surface area contributed by atoms with Gasteiger partial charge in [-0.2, -0.15) is 0 Å². The SMILES string of the molecule is COc1ccc(CN2COc3ccc4c(C)c(Cc5ccccc5)c(=O)oc4c3C2)c(OC)c1. The first kappa shape index (κ1) is 22.0. The summed E-state index contributed by atoms with van der Waals surface area (Å²) in [5.74, 6) is 2.26. The van der Waals surface area contributed by atoms with E-state index in [1.165, 1.54) is 0 Å². The van der Waals surface area contributed by atoms with Gasteiger partial charge in [0.15, 0.2) is 0 Å². The van der Waals surface area contributed by atoms with Gasteiger partial charge in [0.2, 0.25) is 0 Å². The van der Waals surface area contributed by atoms with E-state index >= 15 is 0 Å². The van der Waals surface area contributed by atoms with Crippen molar-refractivity contribution < 1.29 is 18.6 Å². The molecular weight excluding hydrogens is 430 g/mol. The minimum Gasteiger partial charge on any atom is -0.497 e. The van der Waals surface area contributed by atoms with Crippen LogP contribution in [-0.2, 0) is 19.5 Å². The standard InChI is InChI=1S/C28H27NO5/c1-18-22-11-12-25-24(27(22)34-28(30)23(18)13-19-7-5-4-6-8-19)16-29(17-33-25)15-20-9-10-21(31-2)14-26(20)32-3/h4-12,14H,13,15-17H2,1-3H3. The molecule has 3 aromatic carbocycles. The fourth-order valence-corrected chi connectivity index (χ4v) is 4.54. The van der Waals surface area contributed by atoms with Gasteiger partial charge in [0.1, 0.15) is 29.6 Å². The lowest BCUT2D eigenvalue weighted by molar-refractivity contribution is 0.0882.